The van der Waals surface area contributed by atoms with Gasteiger partial charge in [-0.05, 0) is 17.9 Å². The molecule has 0 fully saturated rings. The molecule has 1 rings (SSSR count). The van der Waals surface area contributed by atoms with Crippen molar-refractivity contribution < 1.29 is 5.11 Å². The van der Waals surface area contributed by atoms with Crippen molar-refractivity contribution >= 4 is 5.96 Å². The van der Waals surface area contributed by atoms with Crippen molar-refractivity contribution in [2.75, 3.05) is 26.7 Å². The minimum Gasteiger partial charge on any atom is -0.396 e. The van der Waals surface area contributed by atoms with E-state index in [9.17, 15) is 5.11 Å². The first-order valence-corrected chi connectivity index (χ1v) is 8.27. The predicted molar refractivity (Wildman–Crippen MR) is 94.3 cm³/mol. The number of nitrogens with zero attached hydrogens (tertiary/aromatic N) is 1. The molecular formula is C18H31N3O. The smallest absolute Gasteiger partial charge is 0.190 e. The molecule has 0 spiro atoms. The first-order valence-electron chi connectivity index (χ1n) is 8.27. The van der Waals surface area contributed by atoms with Crippen LogP contribution in [0, 0.1) is 5.92 Å². The van der Waals surface area contributed by atoms with Gasteiger partial charge in [-0.3, -0.25) is 4.99 Å². The van der Waals surface area contributed by atoms with Gasteiger partial charge in [0.05, 0.1) is 6.61 Å². The van der Waals surface area contributed by atoms with Crippen LogP contribution < -0.4 is 10.6 Å². The summed E-state index contributed by atoms with van der Waals surface area (Å²) in [6, 6.07) is 10.1. The highest BCUT2D eigenvalue weighted by atomic mass is 16.3. The summed E-state index contributed by atoms with van der Waals surface area (Å²) in [7, 11) is 1.78. The summed E-state index contributed by atoms with van der Waals surface area (Å²) in [6.07, 6.45) is 3.67. The Morgan fingerprint density at radius 1 is 1.14 bits per heavy atom. The average molecular weight is 305 g/mol. The van der Waals surface area contributed by atoms with Crippen molar-refractivity contribution in [1.29, 1.82) is 0 Å². The van der Waals surface area contributed by atoms with Crippen LogP contribution in [0.25, 0.3) is 0 Å². The van der Waals surface area contributed by atoms with Crippen LogP contribution in [-0.4, -0.2) is 37.8 Å². The Bertz CT molecular complexity index is 418. The van der Waals surface area contributed by atoms with Crippen LogP contribution in [-0.2, 0) is 0 Å². The number of hydrogen-bond donors (Lipinski definition) is 3. The van der Waals surface area contributed by atoms with E-state index < -0.39 is 0 Å². The number of guanidine groups is 1. The van der Waals surface area contributed by atoms with E-state index in [0.717, 1.165) is 30.4 Å². The fourth-order valence-electron chi connectivity index (χ4n) is 2.34. The van der Waals surface area contributed by atoms with Gasteiger partial charge in [0, 0.05) is 26.1 Å². The monoisotopic (exact) mass is 305 g/mol. The van der Waals surface area contributed by atoms with Gasteiger partial charge in [-0.2, -0.15) is 0 Å². The third-order valence-corrected chi connectivity index (χ3v) is 3.73. The minimum absolute atomic E-state index is 0.0840. The molecule has 0 aliphatic heterocycles. The van der Waals surface area contributed by atoms with Gasteiger partial charge in [-0.15, -0.1) is 0 Å². The quantitative estimate of drug-likeness (QED) is 0.373. The van der Waals surface area contributed by atoms with Gasteiger partial charge in [0.1, 0.15) is 0 Å². The summed E-state index contributed by atoms with van der Waals surface area (Å²) in [6.45, 7) is 6.25. The maximum atomic E-state index is 9.56. The van der Waals surface area contributed by atoms with E-state index in [0.29, 0.717) is 6.54 Å². The van der Waals surface area contributed by atoms with E-state index >= 15 is 0 Å². The second-order valence-electron chi connectivity index (χ2n) is 6.06. The van der Waals surface area contributed by atoms with Gasteiger partial charge in [-0.1, -0.05) is 57.0 Å². The van der Waals surface area contributed by atoms with Crippen LogP contribution in [0.1, 0.15) is 44.6 Å². The van der Waals surface area contributed by atoms with Crippen LogP contribution in [0.2, 0.25) is 0 Å². The zero-order chi connectivity index (χ0) is 16.2. The Kier molecular flexibility index (Phi) is 9.31. The van der Waals surface area contributed by atoms with E-state index in [1.54, 1.807) is 7.05 Å². The molecule has 0 aliphatic carbocycles. The number of aliphatic hydroxyl groups is 1. The van der Waals surface area contributed by atoms with Crippen molar-refractivity contribution in [2.24, 2.45) is 10.9 Å². The standard InChI is InChI=1S/C18H31N3O/c1-15(2)9-7-8-12-20-18(19-3)21-13-17(14-22)16-10-5-4-6-11-16/h4-6,10-11,15,17,22H,7-9,12-14H2,1-3H3,(H2,19,20,21). The molecule has 0 aliphatic rings. The van der Waals surface area contributed by atoms with Gasteiger partial charge in [0.2, 0.25) is 0 Å². The number of hydrogen-bond acceptors (Lipinski definition) is 2. The average Bonchev–Trinajstić information content (AvgIpc) is 2.53. The first kappa shape index (κ1) is 18.5. The Morgan fingerprint density at radius 2 is 1.86 bits per heavy atom. The number of unbranched alkanes of at least 4 members (excludes halogenated alkanes) is 1. The highest BCUT2D eigenvalue weighted by molar-refractivity contribution is 5.79. The summed E-state index contributed by atoms with van der Waals surface area (Å²) in [4.78, 5) is 4.23. The Hall–Kier alpha value is -1.55. The molecule has 0 radical (unpaired) electrons. The van der Waals surface area contributed by atoms with Gasteiger partial charge in [0.15, 0.2) is 5.96 Å². The summed E-state index contributed by atoms with van der Waals surface area (Å²) in [5.41, 5.74) is 1.14. The lowest BCUT2D eigenvalue weighted by atomic mass is 10.0. The highest BCUT2D eigenvalue weighted by Gasteiger charge is 2.10. The third-order valence-electron chi connectivity index (χ3n) is 3.73. The number of nitrogens with one attached hydrogen (secondary N) is 2. The van der Waals surface area contributed by atoms with E-state index in [1.807, 2.05) is 30.3 Å². The largest absolute Gasteiger partial charge is 0.396 e. The molecule has 1 unspecified atom stereocenters. The predicted octanol–water partition coefficient (Wildman–Crippen LogP) is 2.75. The van der Waals surface area contributed by atoms with Crippen LogP contribution in [0.4, 0.5) is 0 Å². The summed E-state index contributed by atoms with van der Waals surface area (Å²) in [5.74, 6) is 1.66. The van der Waals surface area contributed by atoms with Gasteiger partial charge in [0.25, 0.3) is 0 Å². The van der Waals surface area contributed by atoms with E-state index in [1.165, 1.54) is 12.8 Å². The molecule has 1 aromatic rings. The molecule has 0 bridgehead atoms. The summed E-state index contributed by atoms with van der Waals surface area (Å²) < 4.78 is 0. The fourth-order valence-corrected chi connectivity index (χ4v) is 2.34. The zero-order valence-electron chi connectivity index (χ0n) is 14.2. The van der Waals surface area contributed by atoms with E-state index in [2.05, 4.69) is 29.5 Å². The molecule has 124 valence electrons. The van der Waals surface area contributed by atoms with Crippen LogP contribution in [0.3, 0.4) is 0 Å². The molecule has 1 aromatic carbocycles. The minimum atomic E-state index is 0.0840. The lowest BCUT2D eigenvalue weighted by Crippen LogP contribution is -2.40. The second-order valence-corrected chi connectivity index (χ2v) is 6.06. The lowest BCUT2D eigenvalue weighted by molar-refractivity contribution is 0.265. The third kappa shape index (κ3) is 7.46. The van der Waals surface area contributed by atoms with Crippen molar-refractivity contribution in [3.63, 3.8) is 0 Å². The normalized spacial score (nSPS) is 13.2. The number of aliphatic imine (C=N–C) groups is 1. The molecule has 1 atom stereocenters. The molecule has 4 heteroatoms. The van der Waals surface area contributed by atoms with Crippen molar-refractivity contribution in [2.45, 2.75) is 39.0 Å². The molecule has 3 N–H and O–H groups in total. The van der Waals surface area contributed by atoms with Crippen LogP contribution in [0.5, 0.6) is 0 Å². The molecule has 0 aromatic heterocycles. The molecule has 22 heavy (non-hydrogen) atoms. The number of aliphatic hydroxyl groups excluding tert-OH is 1. The highest BCUT2D eigenvalue weighted by Crippen LogP contribution is 2.13. The topological polar surface area (TPSA) is 56.7 Å². The number of rotatable bonds is 9. The maximum Gasteiger partial charge on any atom is 0.190 e. The SMILES string of the molecule is CN=C(NCCCCC(C)C)NCC(CO)c1ccccc1. The van der Waals surface area contributed by atoms with Gasteiger partial charge in [-0.25, -0.2) is 0 Å². The Morgan fingerprint density at radius 3 is 2.45 bits per heavy atom. The summed E-state index contributed by atoms with van der Waals surface area (Å²) in [5, 5.41) is 16.2. The van der Waals surface area contributed by atoms with E-state index in [-0.39, 0.29) is 12.5 Å². The number of benzene rings is 1. The van der Waals surface area contributed by atoms with Crippen molar-refractivity contribution in [1.82, 2.24) is 10.6 Å². The molecular weight excluding hydrogens is 274 g/mol. The van der Waals surface area contributed by atoms with Crippen LogP contribution in [0.15, 0.2) is 35.3 Å². The molecule has 0 heterocycles. The maximum absolute atomic E-state index is 9.56. The molecule has 0 saturated heterocycles. The Labute approximate surface area is 135 Å². The molecule has 4 nitrogen and oxygen atoms in total. The van der Waals surface area contributed by atoms with Crippen molar-refractivity contribution in [3.05, 3.63) is 35.9 Å². The van der Waals surface area contributed by atoms with E-state index in [4.69, 9.17) is 0 Å². The van der Waals surface area contributed by atoms with Gasteiger partial charge < -0.3 is 15.7 Å². The molecule has 0 amide bonds. The fraction of sp³-hybridized carbons (Fsp3) is 0.611. The second kappa shape index (κ2) is 11.1. The zero-order valence-corrected chi connectivity index (χ0v) is 14.2. The van der Waals surface area contributed by atoms with Crippen LogP contribution >= 0.6 is 0 Å². The lowest BCUT2D eigenvalue weighted by Gasteiger charge is -2.18. The van der Waals surface area contributed by atoms with Gasteiger partial charge >= 0.3 is 0 Å². The molecule has 0 saturated carbocycles. The summed E-state index contributed by atoms with van der Waals surface area (Å²) >= 11 is 0. The first-order chi connectivity index (χ1) is 10.7. The van der Waals surface area contributed by atoms with Crippen molar-refractivity contribution in [3.8, 4) is 0 Å². The Balaban J connectivity index is 2.30.